The third-order valence-electron chi connectivity index (χ3n) is 2.65. The van der Waals surface area contributed by atoms with E-state index >= 15 is 0 Å². The normalized spacial score (nSPS) is 22.1. The smallest absolute Gasteiger partial charge is 0.327 e. The van der Waals surface area contributed by atoms with Crippen LogP contribution in [0.4, 0.5) is 4.79 Å². The Hall–Kier alpha value is -1.44. The van der Waals surface area contributed by atoms with Gasteiger partial charge < -0.3 is 15.2 Å². The zero-order valence-electron chi connectivity index (χ0n) is 10.9. The fraction of sp³-hybridized carbons (Fsp3) is 0.727. The second-order valence-electron chi connectivity index (χ2n) is 3.92. The minimum atomic E-state index is -1.03. The van der Waals surface area contributed by atoms with Crippen LogP contribution in [-0.4, -0.2) is 58.3 Å². The molecule has 0 aromatic heterocycles. The molecule has 0 spiro atoms. The van der Waals surface area contributed by atoms with E-state index in [9.17, 15) is 14.4 Å². The summed E-state index contributed by atoms with van der Waals surface area (Å²) >= 11 is 1.43. The standard InChI is InChI=1S/C11H18N2O5S/c1-3-8-13(7(6-19-8)10(15)16)11(17)12-5-9(14)18-4-2/h7-8H,3-6H2,1-2H3,(H,12,17)(H,15,16). The van der Waals surface area contributed by atoms with Gasteiger partial charge >= 0.3 is 18.0 Å². The number of carbonyl (C=O) groups excluding carboxylic acids is 2. The van der Waals surface area contributed by atoms with Crippen molar-refractivity contribution in [2.75, 3.05) is 18.9 Å². The molecule has 1 aliphatic rings. The maximum atomic E-state index is 12.0. The van der Waals surface area contributed by atoms with Crippen LogP contribution in [0.25, 0.3) is 0 Å². The second-order valence-corrected chi connectivity index (χ2v) is 5.13. The maximum absolute atomic E-state index is 12.0. The molecule has 1 rings (SSSR count). The first-order valence-corrected chi connectivity index (χ1v) is 7.12. The Labute approximate surface area is 115 Å². The highest BCUT2D eigenvalue weighted by Gasteiger charge is 2.40. The number of thioether (sulfide) groups is 1. The number of nitrogens with one attached hydrogen (secondary N) is 1. The number of ether oxygens (including phenoxy) is 1. The fourth-order valence-electron chi connectivity index (χ4n) is 1.79. The molecule has 0 aliphatic carbocycles. The SMILES string of the molecule is CCOC(=O)CNC(=O)N1C(CC)SCC1C(=O)O. The highest BCUT2D eigenvalue weighted by molar-refractivity contribution is 8.00. The summed E-state index contributed by atoms with van der Waals surface area (Å²) < 4.78 is 4.69. The summed E-state index contributed by atoms with van der Waals surface area (Å²) in [5.41, 5.74) is 0. The van der Waals surface area contributed by atoms with Crippen LogP contribution in [0.3, 0.4) is 0 Å². The van der Waals surface area contributed by atoms with Gasteiger partial charge in [-0.2, -0.15) is 0 Å². The van der Waals surface area contributed by atoms with E-state index in [2.05, 4.69) is 10.1 Å². The number of esters is 1. The molecular formula is C11H18N2O5S. The monoisotopic (exact) mass is 290 g/mol. The fourth-order valence-corrected chi connectivity index (χ4v) is 3.14. The van der Waals surface area contributed by atoms with Gasteiger partial charge in [-0.25, -0.2) is 9.59 Å². The van der Waals surface area contributed by atoms with Gasteiger partial charge in [-0.1, -0.05) is 6.92 Å². The van der Waals surface area contributed by atoms with Crippen molar-refractivity contribution in [1.29, 1.82) is 0 Å². The number of nitrogens with zero attached hydrogens (tertiary/aromatic N) is 1. The van der Waals surface area contributed by atoms with Gasteiger partial charge in [0, 0.05) is 5.75 Å². The molecule has 1 heterocycles. The second kappa shape index (κ2) is 7.22. The lowest BCUT2D eigenvalue weighted by Crippen LogP contribution is -2.51. The van der Waals surface area contributed by atoms with Crippen molar-refractivity contribution in [3.05, 3.63) is 0 Å². The molecule has 0 radical (unpaired) electrons. The van der Waals surface area contributed by atoms with Gasteiger partial charge in [-0.05, 0) is 13.3 Å². The average Bonchev–Trinajstić information content (AvgIpc) is 2.80. The van der Waals surface area contributed by atoms with Crippen molar-refractivity contribution in [3.63, 3.8) is 0 Å². The van der Waals surface area contributed by atoms with Gasteiger partial charge in [0.25, 0.3) is 0 Å². The number of carboxylic acid groups (broad SMARTS) is 1. The first kappa shape index (κ1) is 15.6. The number of urea groups is 1. The summed E-state index contributed by atoms with van der Waals surface area (Å²) in [6, 6.07) is -1.39. The zero-order valence-corrected chi connectivity index (χ0v) is 11.7. The van der Waals surface area contributed by atoms with Crippen LogP contribution < -0.4 is 5.32 Å². The molecule has 0 aromatic rings. The molecule has 2 unspecified atom stereocenters. The minimum Gasteiger partial charge on any atom is -0.480 e. The van der Waals surface area contributed by atoms with E-state index in [1.807, 2.05) is 6.92 Å². The first-order chi connectivity index (χ1) is 9.01. The minimum absolute atomic E-state index is 0.178. The number of carbonyl (C=O) groups is 3. The van der Waals surface area contributed by atoms with Crippen molar-refractivity contribution in [1.82, 2.24) is 10.2 Å². The molecule has 1 saturated heterocycles. The predicted octanol–water partition coefficient (Wildman–Crippen LogP) is 0.497. The molecule has 2 amide bonds. The Morgan fingerprint density at radius 1 is 1.42 bits per heavy atom. The molecule has 0 saturated carbocycles. The maximum Gasteiger partial charge on any atom is 0.327 e. The van der Waals surface area contributed by atoms with Crippen molar-refractivity contribution < 1.29 is 24.2 Å². The van der Waals surface area contributed by atoms with Gasteiger partial charge in [-0.3, -0.25) is 9.69 Å². The van der Waals surface area contributed by atoms with Gasteiger partial charge in [0.1, 0.15) is 12.6 Å². The van der Waals surface area contributed by atoms with Crippen LogP contribution >= 0.6 is 11.8 Å². The summed E-state index contributed by atoms with van der Waals surface area (Å²) in [5.74, 6) is -1.21. The molecule has 1 aliphatic heterocycles. The molecular weight excluding hydrogens is 272 g/mol. The van der Waals surface area contributed by atoms with E-state index < -0.39 is 24.0 Å². The van der Waals surface area contributed by atoms with Crippen LogP contribution in [0.15, 0.2) is 0 Å². The summed E-state index contributed by atoms with van der Waals surface area (Å²) in [5, 5.41) is 11.3. The number of carboxylic acids is 1. The quantitative estimate of drug-likeness (QED) is 0.716. The third-order valence-corrected chi connectivity index (χ3v) is 4.10. The number of hydrogen-bond donors (Lipinski definition) is 2. The highest BCUT2D eigenvalue weighted by Crippen LogP contribution is 2.31. The number of aliphatic carboxylic acids is 1. The number of rotatable bonds is 5. The van der Waals surface area contributed by atoms with Crippen LogP contribution in [0.5, 0.6) is 0 Å². The Balaban J connectivity index is 2.61. The van der Waals surface area contributed by atoms with Crippen molar-refractivity contribution in [3.8, 4) is 0 Å². The van der Waals surface area contributed by atoms with E-state index in [0.717, 1.165) is 0 Å². The molecule has 0 aromatic carbocycles. The summed E-state index contributed by atoms with van der Waals surface area (Å²) in [4.78, 5) is 35.5. The van der Waals surface area contributed by atoms with E-state index in [1.165, 1.54) is 16.7 Å². The molecule has 7 nitrogen and oxygen atoms in total. The lowest BCUT2D eigenvalue weighted by Gasteiger charge is -2.26. The Kier molecular flexibility index (Phi) is 5.94. The van der Waals surface area contributed by atoms with Crippen LogP contribution in [0.2, 0.25) is 0 Å². The molecule has 1 fully saturated rings. The van der Waals surface area contributed by atoms with E-state index in [0.29, 0.717) is 12.2 Å². The van der Waals surface area contributed by atoms with Gasteiger partial charge in [-0.15, -0.1) is 11.8 Å². The predicted molar refractivity (Wildman–Crippen MR) is 69.8 cm³/mol. The van der Waals surface area contributed by atoms with Gasteiger partial charge in [0.2, 0.25) is 0 Å². The third kappa shape index (κ3) is 4.02. The van der Waals surface area contributed by atoms with Crippen LogP contribution in [0.1, 0.15) is 20.3 Å². The zero-order chi connectivity index (χ0) is 14.4. The largest absolute Gasteiger partial charge is 0.480 e. The lowest BCUT2D eigenvalue weighted by molar-refractivity contribution is -0.141. The average molecular weight is 290 g/mol. The van der Waals surface area contributed by atoms with Crippen molar-refractivity contribution in [2.45, 2.75) is 31.7 Å². The van der Waals surface area contributed by atoms with E-state index in [1.54, 1.807) is 6.92 Å². The Bertz CT molecular complexity index is 363. The Morgan fingerprint density at radius 3 is 2.63 bits per heavy atom. The summed E-state index contributed by atoms with van der Waals surface area (Å²) in [6.07, 6.45) is 0.654. The van der Waals surface area contributed by atoms with E-state index in [4.69, 9.17) is 5.11 Å². The molecule has 108 valence electrons. The van der Waals surface area contributed by atoms with Gasteiger partial charge in [0.15, 0.2) is 0 Å². The van der Waals surface area contributed by atoms with Crippen molar-refractivity contribution in [2.24, 2.45) is 0 Å². The van der Waals surface area contributed by atoms with Crippen molar-refractivity contribution >= 4 is 29.7 Å². The molecule has 2 N–H and O–H groups in total. The van der Waals surface area contributed by atoms with Crippen LogP contribution in [0, 0.1) is 0 Å². The highest BCUT2D eigenvalue weighted by atomic mass is 32.2. The van der Waals surface area contributed by atoms with E-state index in [-0.39, 0.29) is 18.5 Å². The Morgan fingerprint density at radius 2 is 2.11 bits per heavy atom. The molecule has 2 atom stereocenters. The summed E-state index contributed by atoms with van der Waals surface area (Å²) in [7, 11) is 0. The van der Waals surface area contributed by atoms with Crippen LogP contribution in [-0.2, 0) is 14.3 Å². The molecule has 8 heteroatoms. The number of amides is 2. The lowest BCUT2D eigenvalue weighted by atomic mass is 10.3. The number of hydrogen-bond acceptors (Lipinski definition) is 5. The topological polar surface area (TPSA) is 95.9 Å². The summed E-state index contributed by atoms with van der Waals surface area (Å²) in [6.45, 7) is 3.54. The first-order valence-electron chi connectivity index (χ1n) is 6.07. The molecule has 0 bridgehead atoms. The van der Waals surface area contributed by atoms with Gasteiger partial charge in [0.05, 0.1) is 12.0 Å². The molecule has 19 heavy (non-hydrogen) atoms.